The number of benzene rings is 2. The van der Waals surface area contributed by atoms with Gasteiger partial charge in [0, 0.05) is 5.39 Å². The molecule has 3 rings (SSSR count). The maximum absolute atomic E-state index is 13.4. The van der Waals surface area contributed by atoms with Crippen LogP contribution in [0.15, 0.2) is 36.7 Å². The number of aromatic nitrogens is 2. The van der Waals surface area contributed by atoms with Crippen molar-refractivity contribution in [1.82, 2.24) is 9.97 Å². The van der Waals surface area contributed by atoms with Gasteiger partial charge in [0.05, 0.1) is 23.2 Å². The van der Waals surface area contributed by atoms with Gasteiger partial charge in [-0.25, -0.2) is 14.4 Å². The van der Waals surface area contributed by atoms with Gasteiger partial charge in [-0.1, -0.05) is 17.7 Å². The summed E-state index contributed by atoms with van der Waals surface area (Å²) in [6.07, 6.45) is 1.38. The predicted molar refractivity (Wildman–Crippen MR) is 80.9 cm³/mol. The lowest BCUT2D eigenvalue weighted by atomic mass is 10.0. The molecule has 4 nitrogen and oxygen atoms in total. The molecule has 2 N–H and O–H groups in total. The fourth-order valence-corrected chi connectivity index (χ4v) is 2.41. The molecular weight excluding hydrogens is 293 g/mol. The Labute approximate surface area is 125 Å². The van der Waals surface area contributed by atoms with Crippen LogP contribution in [0.1, 0.15) is 0 Å². The minimum atomic E-state index is -0.478. The third-order valence-corrected chi connectivity index (χ3v) is 3.52. The fraction of sp³-hybridized carbons (Fsp3) is 0.0667. The van der Waals surface area contributed by atoms with E-state index in [0.29, 0.717) is 33.6 Å². The number of ether oxygens (including phenoxy) is 1. The second-order valence-electron chi connectivity index (χ2n) is 4.43. The molecule has 0 aliphatic heterocycles. The number of rotatable bonds is 2. The van der Waals surface area contributed by atoms with Crippen molar-refractivity contribution in [2.45, 2.75) is 0 Å². The zero-order valence-electron chi connectivity index (χ0n) is 11.1. The van der Waals surface area contributed by atoms with Gasteiger partial charge in [-0.3, -0.25) is 0 Å². The van der Waals surface area contributed by atoms with E-state index in [1.807, 2.05) is 0 Å². The highest BCUT2D eigenvalue weighted by atomic mass is 35.5. The summed E-state index contributed by atoms with van der Waals surface area (Å²) in [4.78, 5) is 8.24. The van der Waals surface area contributed by atoms with Crippen LogP contribution in [0.5, 0.6) is 5.75 Å². The minimum Gasteiger partial charge on any atom is -0.496 e. The predicted octanol–water partition coefficient (Wildman–Crippen LogP) is 3.68. The molecule has 0 spiro atoms. The van der Waals surface area contributed by atoms with E-state index in [2.05, 4.69) is 9.97 Å². The molecule has 2 aromatic carbocycles. The molecule has 6 heteroatoms. The smallest absolute Gasteiger partial charge is 0.141 e. The SMILES string of the molecule is COc1ccc2c(N)ncnc2c1-c1ccc(F)c(Cl)c1. The fourth-order valence-electron chi connectivity index (χ4n) is 2.23. The maximum atomic E-state index is 13.4. The first-order valence-corrected chi connectivity index (χ1v) is 6.52. The summed E-state index contributed by atoms with van der Waals surface area (Å²) in [5.41, 5.74) is 7.90. The lowest BCUT2D eigenvalue weighted by Crippen LogP contribution is -1.97. The van der Waals surface area contributed by atoms with Crippen molar-refractivity contribution in [3.8, 4) is 16.9 Å². The normalized spacial score (nSPS) is 10.8. The number of hydrogen-bond acceptors (Lipinski definition) is 4. The van der Waals surface area contributed by atoms with Crippen LogP contribution in [0.4, 0.5) is 10.2 Å². The van der Waals surface area contributed by atoms with E-state index in [-0.39, 0.29) is 5.02 Å². The summed E-state index contributed by atoms with van der Waals surface area (Å²) >= 11 is 5.87. The molecule has 1 heterocycles. The number of halogens is 2. The van der Waals surface area contributed by atoms with E-state index < -0.39 is 5.82 Å². The summed E-state index contributed by atoms with van der Waals surface area (Å²) < 4.78 is 18.7. The van der Waals surface area contributed by atoms with Gasteiger partial charge in [-0.2, -0.15) is 0 Å². The second-order valence-corrected chi connectivity index (χ2v) is 4.83. The van der Waals surface area contributed by atoms with Gasteiger partial charge in [0.1, 0.15) is 23.7 Å². The lowest BCUT2D eigenvalue weighted by Gasteiger charge is -2.12. The first kappa shape index (κ1) is 13.6. The van der Waals surface area contributed by atoms with Crippen molar-refractivity contribution in [2.75, 3.05) is 12.8 Å². The molecule has 0 fully saturated rings. The average Bonchev–Trinajstić information content (AvgIpc) is 2.49. The number of anilines is 1. The van der Waals surface area contributed by atoms with Crippen molar-refractivity contribution < 1.29 is 9.13 Å². The largest absolute Gasteiger partial charge is 0.496 e. The molecule has 0 unspecified atom stereocenters. The number of nitrogens with zero attached hydrogens (tertiary/aromatic N) is 2. The standard InChI is InChI=1S/C15H11ClFN3O/c1-21-12-5-3-9-14(19-7-20-15(9)18)13(12)8-2-4-11(17)10(16)6-8/h2-7H,1H3,(H2,18,19,20). The molecule has 106 valence electrons. The van der Waals surface area contributed by atoms with Gasteiger partial charge in [-0.15, -0.1) is 0 Å². The molecule has 0 saturated heterocycles. The Morgan fingerprint density at radius 3 is 2.71 bits per heavy atom. The molecular formula is C15H11ClFN3O. The quantitative estimate of drug-likeness (QED) is 0.784. The van der Waals surface area contributed by atoms with E-state index in [0.717, 1.165) is 0 Å². The van der Waals surface area contributed by atoms with Crippen LogP contribution in [0.25, 0.3) is 22.0 Å². The zero-order chi connectivity index (χ0) is 15.0. The van der Waals surface area contributed by atoms with Crippen LogP contribution in [0.2, 0.25) is 5.02 Å². The van der Waals surface area contributed by atoms with E-state index in [1.54, 1.807) is 25.3 Å². The summed E-state index contributed by atoms with van der Waals surface area (Å²) in [5.74, 6) is 0.495. The molecule has 21 heavy (non-hydrogen) atoms. The molecule has 0 atom stereocenters. The number of hydrogen-bond donors (Lipinski definition) is 1. The van der Waals surface area contributed by atoms with E-state index in [4.69, 9.17) is 22.1 Å². The average molecular weight is 304 g/mol. The Hall–Kier alpha value is -2.40. The van der Waals surface area contributed by atoms with Crippen LogP contribution in [0.3, 0.4) is 0 Å². The van der Waals surface area contributed by atoms with Crippen molar-refractivity contribution in [1.29, 1.82) is 0 Å². The molecule has 0 amide bonds. The minimum absolute atomic E-state index is 0.0357. The van der Waals surface area contributed by atoms with Gasteiger partial charge in [-0.05, 0) is 29.8 Å². The number of methoxy groups -OCH3 is 1. The molecule has 0 aliphatic rings. The number of nitrogens with two attached hydrogens (primary N) is 1. The van der Waals surface area contributed by atoms with Crippen molar-refractivity contribution in [3.63, 3.8) is 0 Å². The van der Waals surface area contributed by atoms with Crippen LogP contribution >= 0.6 is 11.6 Å². The van der Waals surface area contributed by atoms with Crippen molar-refractivity contribution in [3.05, 3.63) is 47.5 Å². The number of nitrogen functional groups attached to an aromatic ring is 1. The maximum Gasteiger partial charge on any atom is 0.141 e. The van der Waals surface area contributed by atoms with E-state index in [1.165, 1.54) is 18.5 Å². The third kappa shape index (κ3) is 2.25. The van der Waals surface area contributed by atoms with Crippen LogP contribution < -0.4 is 10.5 Å². The molecule has 0 aliphatic carbocycles. The molecule has 1 aromatic heterocycles. The lowest BCUT2D eigenvalue weighted by molar-refractivity contribution is 0.417. The van der Waals surface area contributed by atoms with Crippen LogP contribution in [-0.4, -0.2) is 17.1 Å². The van der Waals surface area contributed by atoms with Gasteiger partial charge in [0.15, 0.2) is 0 Å². The van der Waals surface area contributed by atoms with Crippen molar-refractivity contribution in [2.24, 2.45) is 0 Å². The van der Waals surface area contributed by atoms with E-state index in [9.17, 15) is 4.39 Å². The summed E-state index contributed by atoms with van der Waals surface area (Å²) in [6.45, 7) is 0. The summed E-state index contributed by atoms with van der Waals surface area (Å²) in [6, 6.07) is 8.02. The zero-order valence-corrected chi connectivity index (χ0v) is 11.9. The van der Waals surface area contributed by atoms with Gasteiger partial charge < -0.3 is 10.5 Å². The van der Waals surface area contributed by atoms with Crippen LogP contribution in [-0.2, 0) is 0 Å². The molecule has 0 bridgehead atoms. The first-order valence-electron chi connectivity index (χ1n) is 6.14. The monoisotopic (exact) mass is 303 g/mol. The summed E-state index contributed by atoms with van der Waals surface area (Å²) in [5, 5.41) is 0.738. The second kappa shape index (κ2) is 5.18. The Morgan fingerprint density at radius 1 is 1.19 bits per heavy atom. The van der Waals surface area contributed by atoms with Gasteiger partial charge in [0.2, 0.25) is 0 Å². The van der Waals surface area contributed by atoms with Crippen molar-refractivity contribution >= 4 is 28.3 Å². The van der Waals surface area contributed by atoms with Crippen LogP contribution in [0, 0.1) is 5.82 Å². The highest BCUT2D eigenvalue weighted by molar-refractivity contribution is 6.31. The number of fused-ring (bicyclic) bond motifs is 1. The Kier molecular flexibility index (Phi) is 3.35. The summed E-state index contributed by atoms with van der Waals surface area (Å²) in [7, 11) is 1.56. The third-order valence-electron chi connectivity index (χ3n) is 3.23. The van der Waals surface area contributed by atoms with E-state index >= 15 is 0 Å². The first-order chi connectivity index (χ1) is 10.1. The Bertz CT molecular complexity index is 839. The molecule has 0 radical (unpaired) electrons. The highest BCUT2D eigenvalue weighted by Gasteiger charge is 2.15. The highest BCUT2D eigenvalue weighted by Crippen LogP contribution is 2.38. The van der Waals surface area contributed by atoms with Gasteiger partial charge >= 0.3 is 0 Å². The molecule has 3 aromatic rings. The van der Waals surface area contributed by atoms with Gasteiger partial charge in [0.25, 0.3) is 0 Å². The Morgan fingerprint density at radius 2 is 2.00 bits per heavy atom. The Balaban J connectivity index is 2.38. The molecule has 0 saturated carbocycles. The topological polar surface area (TPSA) is 61.0 Å².